The first-order valence-electron chi connectivity index (χ1n) is 6.44. The van der Waals surface area contributed by atoms with Gasteiger partial charge in [0, 0.05) is 6.42 Å². The Morgan fingerprint density at radius 3 is 2.06 bits per heavy atom. The first-order valence-corrected chi connectivity index (χ1v) is 9.34. The molecule has 0 aromatic heterocycles. The molecule has 4 nitrogen and oxygen atoms in total. The van der Waals surface area contributed by atoms with Crippen molar-refractivity contribution < 1.29 is 19.4 Å². The molecule has 0 fully saturated rings. The number of aliphatic hydroxyl groups is 2. The summed E-state index contributed by atoms with van der Waals surface area (Å²) in [7, 11) is -1.97. The van der Waals surface area contributed by atoms with Crippen molar-refractivity contribution >= 4 is 14.1 Å². The Balaban J connectivity index is 4.61. The number of rotatable bonds is 6. The molecule has 0 saturated carbocycles. The van der Waals surface area contributed by atoms with Gasteiger partial charge in [0.2, 0.25) is 0 Å². The van der Waals surface area contributed by atoms with Crippen LogP contribution in [0, 0.1) is 0 Å². The third-order valence-corrected chi connectivity index (χ3v) is 8.44. The lowest BCUT2D eigenvalue weighted by Crippen LogP contribution is -2.51. The third-order valence-electron chi connectivity index (χ3n) is 3.94. The van der Waals surface area contributed by atoms with Crippen LogP contribution in [0.1, 0.15) is 41.0 Å². The van der Waals surface area contributed by atoms with Crippen LogP contribution >= 0.6 is 0 Å². The van der Waals surface area contributed by atoms with Crippen LogP contribution in [-0.2, 0) is 9.22 Å². The summed E-state index contributed by atoms with van der Waals surface area (Å²) in [6, 6.07) is 0. The van der Waals surface area contributed by atoms with Gasteiger partial charge in [0.25, 0.3) is 0 Å². The summed E-state index contributed by atoms with van der Waals surface area (Å²) < 4.78 is 5.81. The van der Waals surface area contributed by atoms with Gasteiger partial charge in [-0.3, -0.25) is 4.79 Å². The number of hydrogen-bond donors (Lipinski definition) is 2. The predicted molar refractivity (Wildman–Crippen MR) is 75.1 cm³/mol. The molecule has 0 spiro atoms. The summed E-state index contributed by atoms with van der Waals surface area (Å²) in [5, 5.41) is 20.0. The van der Waals surface area contributed by atoms with Crippen LogP contribution in [0.15, 0.2) is 0 Å². The van der Waals surface area contributed by atoms with E-state index in [4.69, 9.17) is 4.43 Å². The molecule has 0 saturated heterocycles. The number of Topliss-reactive ketones (excluding diaryl/α,β-unsaturated/α-hetero) is 1. The van der Waals surface area contributed by atoms with Gasteiger partial charge < -0.3 is 14.6 Å². The first-order chi connectivity index (χ1) is 7.86. The molecule has 2 N–H and O–H groups in total. The van der Waals surface area contributed by atoms with Gasteiger partial charge in [-0.15, -0.1) is 0 Å². The van der Waals surface area contributed by atoms with E-state index in [1.165, 1.54) is 6.92 Å². The second kappa shape index (κ2) is 5.82. The molecule has 0 radical (unpaired) electrons. The van der Waals surface area contributed by atoms with E-state index in [9.17, 15) is 15.0 Å². The minimum absolute atomic E-state index is 0.00473. The molecule has 0 aromatic carbocycles. The largest absolute Gasteiger partial charge is 0.414 e. The Bertz CT molecular complexity index is 292. The Kier molecular flexibility index (Phi) is 5.74. The Hall–Kier alpha value is -0.233. The van der Waals surface area contributed by atoms with Crippen molar-refractivity contribution in [1.29, 1.82) is 0 Å². The van der Waals surface area contributed by atoms with Crippen molar-refractivity contribution in [2.24, 2.45) is 0 Å². The molecule has 0 heterocycles. The van der Waals surface area contributed by atoms with Gasteiger partial charge in [0.1, 0.15) is 11.7 Å². The second-order valence-electron chi connectivity index (χ2n) is 6.51. The number of hydrogen-bond acceptors (Lipinski definition) is 4. The molecule has 0 amide bonds. The van der Waals surface area contributed by atoms with E-state index >= 15 is 0 Å². The summed E-state index contributed by atoms with van der Waals surface area (Å²) in [4.78, 5) is 11.5. The number of carbonyl (C=O) groups excluding carboxylic acids is 1. The Morgan fingerprint density at radius 1 is 1.28 bits per heavy atom. The minimum Gasteiger partial charge on any atom is -0.414 e. The molecule has 0 aliphatic heterocycles. The number of carbonyl (C=O) groups is 1. The zero-order chi connectivity index (χ0) is 14.8. The maximum Gasteiger partial charge on any atom is 0.192 e. The zero-order valence-corrected chi connectivity index (χ0v) is 13.7. The Morgan fingerprint density at radius 2 is 1.72 bits per heavy atom. The topological polar surface area (TPSA) is 66.8 Å². The molecule has 0 aliphatic rings. The van der Waals surface area contributed by atoms with Crippen molar-refractivity contribution in [1.82, 2.24) is 0 Å². The average Bonchev–Trinajstić information content (AvgIpc) is 2.22. The molecule has 108 valence electrons. The second-order valence-corrected chi connectivity index (χ2v) is 11.3. The van der Waals surface area contributed by atoms with Crippen molar-refractivity contribution in [3.63, 3.8) is 0 Å². The summed E-state index contributed by atoms with van der Waals surface area (Å²) in [5.41, 5.74) is -1.73. The van der Waals surface area contributed by atoms with Crippen molar-refractivity contribution in [3.8, 4) is 0 Å². The average molecular weight is 276 g/mol. The van der Waals surface area contributed by atoms with Gasteiger partial charge in [0.05, 0.1) is 6.61 Å². The third kappa shape index (κ3) is 4.15. The highest BCUT2D eigenvalue weighted by atomic mass is 28.4. The van der Waals surface area contributed by atoms with E-state index in [1.54, 1.807) is 6.92 Å². The van der Waals surface area contributed by atoms with Gasteiger partial charge >= 0.3 is 0 Å². The highest BCUT2D eigenvalue weighted by Gasteiger charge is 2.41. The molecule has 5 heteroatoms. The SMILES string of the molecule is CCC(=O)[C@@](C)(O)[C@H](O)CO[Si](C)(C)C(C)(C)C. The van der Waals surface area contributed by atoms with Crippen LogP contribution in [-0.4, -0.2) is 42.6 Å². The maximum absolute atomic E-state index is 11.5. The fraction of sp³-hybridized carbons (Fsp3) is 0.923. The summed E-state index contributed by atoms with van der Waals surface area (Å²) in [6.07, 6.45) is -0.983. The number of aliphatic hydroxyl groups excluding tert-OH is 1. The van der Waals surface area contributed by atoms with Crippen molar-refractivity contribution in [2.45, 2.75) is 70.9 Å². The van der Waals surface area contributed by atoms with E-state index in [2.05, 4.69) is 33.9 Å². The Labute approximate surface area is 111 Å². The highest BCUT2D eigenvalue weighted by molar-refractivity contribution is 6.74. The van der Waals surface area contributed by atoms with Gasteiger partial charge in [-0.25, -0.2) is 0 Å². The molecule has 2 atom stereocenters. The maximum atomic E-state index is 11.5. The van der Waals surface area contributed by atoms with Gasteiger partial charge in [-0.05, 0) is 25.1 Å². The van der Waals surface area contributed by atoms with E-state index in [1.807, 2.05) is 0 Å². The van der Waals surface area contributed by atoms with Crippen LogP contribution in [0.3, 0.4) is 0 Å². The van der Waals surface area contributed by atoms with Gasteiger partial charge in [-0.2, -0.15) is 0 Å². The zero-order valence-electron chi connectivity index (χ0n) is 12.7. The molecule has 18 heavy (non-hydrogen) atoms. The van der Waals surface area contributed by atoms with E-state index in [0.717, 1.165) is 0 Å². The molecule has 0 aliphatic carbocycles. The lowest BCUT2D eigenvalue weighted by atomic mass is 9.93. The highest BCUT2D eigenvalue weighted by Crippen LogP contribution is 2.36. The fourth-order valence-corrected chi connectivity index (χ4v) is 2.22. The molecule has 0 bridgehead atoms. The molecule has 0 unspecified atom stereocenters. The van der Waals surface area contributed by atoms with Crippen LogP contribution in [0.2, 0.25) is 18.1 Å². The lowest BCUT2D eigenvalue weighted by molar-refractivity contribution is -0.149. The minimum atomic E-state index is -1.97. The first kappa shape index (κ1) is 17.8. The van der Waals surface area contributed by atoms with Crippen molar-refractivity contribution in [2.75, 3.05) is 6.61 Å². The van der Waals surface area contributed by atoms with Crippen LogP contribution < -0.4 is 0 Å². The summed E-state index contributed by atoms with van der Waals surface area (Å²) in [5.74, 6) is -0.367. The van der Waals surface area contributed by atoms with Crippen LogP contribution in [0.25, 0.3) is 0 Å². The lowest BCUT2D eigenvalue weighted by Gasteiger charge is -2.38. The standard InChI is InChI=1S/C13H28O4Si/c1-8-10(14)13(5,16)11(15)9-17-18(6,7)12(2,3)4/h11,15-16H,8-9H2,1-7H3/t11-,13-/m1/s1. The quantitative estimate of drug-likeness (QED) is 0.729. The van der Waals surface area contributed by atoms with E-state index < -0.39 is 20.0 Å². The molecular weight excluding hydrogens is 248 g/mol. The summed E-state index contributed by atoms with van der Waals surface area (Å²) >= 11 is 0. The van der Waals surface area contributed by atoms with Crippen LogP contribution in [0.4, 0.5) is 0 Å². The molecule has 0 rings (SSSR count). The van der Waals surface area contributed by atoms with E-state index in [-0.39, 0.29) is 23.8 Å². The predicted octanol–water partition coefficient (Wildman–Crippen LogP) is 2.10. The molecule has 0 aromatic rings. The molecular formula is C13H28O4Si. The fourth-order valence-electron chi connectivity index (χ4n) is 1.21. The number of ketones is 1. The smallest absolute Gasteiger partial charge is 0.192 e. The van der Waals surface area contributed by atoms with Gasteiger partial charge in [-0.1, -0.05) is 27.7 Å². The van der Waals surface area contributed by atoms with Gasteiger partial charge in [0.15, 0.2) is 14.1 Å². The summed E-state index contributed by atoms with van der Waals surface area (Å²) in [6.45, 7) is 13.4. The van der Waals surface area contributed by atoms with Crippen molar-refractivity contribution in [3.05, 3.63) is 0 Å². The van der Waals surface area contributed by atoms with Crippen LogP contribution in [0.5, 0.6) is 0 Å². The van der Waals surface area contributed by atoms with E-state index in [0.29, 0.717) is 0 Å². The normalized spacial score (nSPS) is 18.3. The monoisotopic (exact) mass is 276 g/mol.